The molecule has 5 amide bonds. The first kappa shape index (κ1) is 41.3. The summed E-state index contributed by atoms with van der Waals surface area (Å²) in [6.07, 6.45) is 2.08. The molecule has 0 unspecified atom stereocenters. The maximum Gasteiger partial charge on any atom is 0.338 e. The predicted molar refractivity (Wildman–Crippen MR) is 212 cm³/mol. The maximum atomic E-state index is 13.5. The van der Waals surface area contributed by atoms with Crippen LogP contribution in [0.4, 0.5) is 22.7 Å². The van der Waals surface area contributed by atoms with Crippen LogP contribution in [0.25, 0.3) is 0 Å². The van der Waals surface area contributed by atoms with Crippen molar-refractivity contribution in [3.05, 3.63) is 132 Å². The Morgan fingerprint density at radius 3 is 1.84 bits per heavy atom. The van der Waals surface area contributed by atoms with E-state index in [1.807, 2.05) is 0 Å². The van der Waals surface area contributed by atoms with E-state index in [1.165, 1.54) is 84.9 Å². The van der Waals surface area contributed by atoms with Crippen LogP contribution < -0.4 is 42.2 Å². The van der Waals surface area contributed by atoms with Gasteiger partial charge < -0.3 is 46.9 Å². The van der Waals surface area contributed by atoms with Crippen molar-refractivity contribution in [2.24, 2.45) is 5.73 Å². The van der Waals surface area contributed by atoms with Crippen LogP contribution in [0, 0.1) is 0 Å². The molecule has 0 heterocycles. The highest BCUT2D eigenvalue weighted by Gasteiger charge is 2.26. The van der Waals surface area contributed by atoms with Gasteiger partial charge in [-0.3, -0.25) is 24.0 Å². The van der Waals surface area contributed by atoms with Gasteiger partial charge in [0, 0.05) is 28.2 Å². The molecule has 56 heavy (non-hydrogen) atoms. The molecule has 0 radical (unpaired) electrons. The lowest BCUT2D eigenvalue weighted by Crippen LogP contribution is -2.46. The molecule has 0 aliphatic carbocycles. The Morgan fingerprint density at radius 2 is 1.25 bits per heavy atom. The van der Waals surface area contributed by atoms with Crippen LogP contribution in [0.5, 0.6) is 11.5 Å². The quantitative estimate of drug-likeness (QED) is 0.0447. The Balaban J connectivity index is 1.51. The summed E-state index contributed by atoms with van der Waals surface area (Å²) in [7, 11) is 0. The monoisotopic (exact) mass is 762 g/mol. The third-order valence-corrected chi connectivity index (χ3v) is 7.63. The van der Waals surface area contributed by atoms with E-state index in [1.54, 1.807) is 26.0 Å². The highest BCUT2D eigenvalue weighted by Crippen LogP contribution is 2.40. The zero-order valence-electron chi connectivity index (χ0n) is 30.8. The van der Waals surface area contributed by atoms with Gasteiger partial charge in [-0.1, -0.05) is 25.3 Å². The SMILES string of the molecule is C=CCOC(=O)c1ccc(NC(=O)c2ccc(NC(=O)c3ccc(NC(=O)[C@H](CC(N)=O)NC(=O)c4ccc(N)cc4)cc3)c(OC(C)C)c2OCC=C)cc1. The van der Waals surface area contributed by atoms with Crippen LogP contribution in [-0.4, -0.2) is 60.9 Å². The van der Waals surface area contributed by atoms with Gasteiger partial charge in [0.25, 0.3) is 17.7 Å². The molecule has 0 aromatic heterocycles. The second-order valence-corrected chi connectivity index (χ2v) is 12.3. The van der Waals surface area contributed by atoms with Gasteiger partial charge in [0.2, 0.25) is 11.8 Å². The molecule has 290 valence electrons. The zero-order valence-corrected chi connectivity index (χ0v) is 30.8. The Morgan fingerprint density at radius 1 is 0.679 bits per heavy atom. The molecule has 0 saturated carbocycles. The van der Waals surface area contributed by atoms with E-state index in [-0.39, 0.29) is 58.3 Å². The molecule has 15 nitrogen and oxygen atoms in total. The van der Waals surface area contributed by atoms with Gasteiger partial charge in [-0.25, -0.2) is 4.79 Å². The van der Waals surface area contributed by atoms with Gasteiger partial charge in [-0.15, -0.1) is 0 Å². The molecule has 0 bridgehead atoms. The smallest absolute Gasteiger partial charge is 0.338 e. The van der Waals surface area contributed by atoms with E-state index in [4.69, 9.17) is 25.7 Å². The van der Waals surface area contributed by atoms with Crippen molar-refractivity contribution in [3.63, 3.8) is 0 Å². The fourth-order valence-electron chi connectivity index (χ4n) is 5.00. The number of hydrogen-bond acceptors (Lipinski definition) is 10. The normalized spacial score (nSPS) is 11.0. The molecule has 15 heteroatoms. The lowest BCUT2D eigenvalue weighted by molar-refractivity contribution is -0.123. The third kappa shape index (κ3) is 11.5. The fourth-order valence-corrected chi connectivity index (χ4v) is 5.00. The zero-order chi connectivity index (χ0) is 40.8. The standard InChI is InChI=1S/C41H42N6O9/c1-5-21-54-35-31(39(51)44-29-17-11-27(12-18-29)41(53)55-22-6-2)19-20-32(36(35)56-24(3)4)46-37(49)26-9-15-30(16-10-26)45-40(52)33(23-34(43)48)47-38(50)25-7-13-28(42)14-8-25/h5-20,24,33H,1-2,21-23,42H2,3-4H3,(H2,43,48)(H,44,51)(H,45,52)(H,46,49)(H,47,50)/t33-/m0/s1. The van der Waals surface area contributed by atoms with Crippen molar-refractivity contribution in [2.75, 3.05) is 34.9 Å². The number of ether oxygens (including phenoxy) is 3. The van der Waals surface area contributed by atoms with Crippen LogP contribution in [0.1, 0.15) is 61.7 Å². The van der Waals surface area contributed by atoms with Crippen molar-refractivity contribution in [2.45, 2.75) is 32.4 Å². The number of carbonyl (C=O) groups is 6. The molecule has 0 saturated heterocycles. The highest BCUT2D eigenvalue weighted by molar-refractivity contribution is 6.10. The maximum absolute atomic E-state index is 13.5. The molecule has 4 rings (SSSR count). The molecule has 4 aromatic carbocycles. The number of primary amides is 1. The number of benzene rings is 4. The first-order valence-corrected chi connectivity index (χ1v) is 17.2. The fraction of sp³-hybridized carbons (Fsp3) is 0.171. The summed E-state index contributed by atoms with van der Waals surface area (Å²) >= 11 is 0. The first-order chi connectivity index (χ1) is 26.8. The molecule has 8 N–H and O–H groups in total. The minimum absolute atomic E-state index is 0.00614. The number of nitrogen functional groups attached to an aromatic ring is 1. The van der Waals surface area contributed by atoms with Crippen molar-refractivity contribution >= 4 is 58.3 Å². The summed E-state index contributed by atoms with van der Waals surface area (Å²) in [5.74, 6) is -3.65. The Hall–Kier alpha value is -7.42. The summed E-state index contributed by atoms with van der Waals surface area (Å²) in [5, 5.41) is 10.7. The van der Waals surface area contributed by atoms with Crippen molar-refractivity contribution in [1.82, 2.24) is 5.32 Å². The van der Waals surface area contributed by atoms with Crippen LogP contribution in [-0.2, 0) is 14.3 Å². The van der Waals surface area contributed by atoms with Gasteiger partial charge in [-0.2, -0.15) is 0 Å². The Kier molecular flexibility index (Phi) is 14.5. The lowest BCUT2D eigenvalue weighted by atomic mass is 10.1. The van der Waals surface area contributed by atoms with E-state index in [9.17, 15) is 28.8 Å². The second-order valence-electron chi connectivity index (χ2n) is 12.3. The molecule has 0 aliphatic rings. The molecule has 1 atom stereocenters. The number of anilines is 4. The van der Waals surface area contributed by atoms with Gasteiger partial charge in [-0.05, 0) is 98.8 Å². The average Bonchev–Trinajstić information content (AvgIpc) is 3.17. The summed E-state index contributed by atoms with van der Waals surface area (Å²) in [6.45, 7) is 10.8. The molecule has 0 aliphatic heterocycles. The van der Waals surface area contributed by atoms with Crippen LogP contribution >= 0.6 is 0 Å². The molecule has 0 spiro atoms. The average molecular weight is 763 g/mol. The van der Waals surface area contributed by atoms with Gasteiger partial charge in [0.15, 0.2) is 11.5 Å². The second kappa shape index (κ2) is 19.6. The number of esters is 1. The molecule has 0 fully saturated rings. The Labute approximate surface area is 323 Å². The van der Waals surface area contributed by atoms with Gasteiger partial charge in [0.05, 0.1) is 29.3 Å². The summed E-state index contributed by atoms with van der Waals surface area (Å²) in [6, 6.07) is 19.6. The Bertz CT molecular complexity index is 2100. The summed E-state index contributed by atoms with van der Waals surface area (Å²) in [5.41, 5.74) is 13.1. The van der Waals surface area contributed by atoms with E-state index >= 15 is 0 Å². The van der Waals surface area contributed by atoms with Crippen LogP contribution in [0.3, 0.4) is 0 Å². The minimum atomic E-state index is -1.29. The van der Waals surface area contributed by atoms with Crippen LogP contribution in [0.2, 0.25) is 0 Å². The molecule has 4 aromatic rings. The predicted octanol–water partition coefficient (Wildman–Crippen LogP) is 5.08. The summed E-state index contributed by atoms with van der Waals surface area (Å²) in [4.78, 5) is 76.7. The number of rotatable bonds is 18. The van der Waals surface area contributed by atoms with E-state index in [0.29, 0.717) is 11.4 Å². The molecular weight excluding hydrogens is 720 g/mol. The van der Waals surface area contributed by atoms with Gasteiger partial charge >= 0.3 is 5.97 Å². The molecular formula is C41H42N6O9. The van der Waals surface area contributed by atoms with Crippen molar-refractivity contribution < 1.29 is 43.0 Å². The third-order valence-electron chi connectivity index (χ3n) is 7.63. The number of nitrogens with two attached hydrogens (primary N) is 2. The van der Waals surface area contributed by atoms with Crippen molar-refractivity contribution in [1.29, 1.82) is 0 Å². The van der Waals surface area contributed by atoms with Crippen molar-refractivity contribution in [3.8, 4) is 11.5 Å². The van der Waals surface area contributed by atoms with E-state index < -0.39 is 54.1 Å². The largest absolute Gasteiger partial charge is 0.485 e. The van der Waals surface area contributed by atoms with Crippen LogP contribution in [0.15, 0.2) is 110 Å². The van der Waals surface area contributed by atoms with E-state index in [0.717, 1.165) is 0 Å². The number of hydrogen-bond donors (Lipinski definition) is 6. The lowest BCUT2D eigenvalue weighted by Gasteiger charge is -2.21. The summed E-state index contributed by atoms with van der Waals surface area (Å²) < 4.78 is 17.0. The topological polar surface area (TPSA) is 230 Å². The van der Waals surface area contributed by atoms with E-state index in [2.05, 4.69) is 34.4 Å². The number of carbonyl (C=O) groups excluding carboxylic acids is 6. The number of nitrogens with one attached hydrogen (secondary N) is 4. The van der Waals surface area contributed by atoms with Gasteiger partial charge in [0.1, 0.15) is 19.3 Å². The minimum Gasteiger partial charge on any atom is -0.485 e. The first-order valence-electron chi connectivity index (χ1n) is 17.2. The highest BCUT2D eigenvalue weighted by atomic mass is 16.5. The number of amides is 5.